The average molecular weight is 418 g/mol. The summed E-state index contributed by atoms with van der Waals surface area (Å²) < 4.78 is 39.5. The lowest BCUT2D eigenvalue weighted by Gasteiger charge is -2.12. The summed E-state index contributed by atoms with van der Waals surface area (Å²) in [6.07, 6.45) is 3.16. The predicted octanol–water partition coefficient (Wildman–Crippen LogP) is 0.532. The van der Waals surface area contributed by atoms with Crippen LogP contribution >= 0.6 is 11.6 Å². The van der Waals surface area contributed by atoms with Crippen molar-refractivity contribution in [3.8, 4) is 11.3 Å². The average Bonchev–Trinajstić information content (AvgIpc) is 3.01. The normalized spacial score (nSPS) is 11.3. The molecule has 0 fully saturated rings. The lowest BCUT2D eigenvalue weighted by Crippen LogP contribution is -2.45. The number of rotatable bonds is 6. The number of benzene rings is 1. The SMILES string of the molecule is CN(C)C(=O)CS(=O)(=O)NNC(=O)c1cc(-c2cn(C)cn2)cc(Cl)c1F. The monoisotopic (exact) mass is 417 g/mol. The van der Waals surface area contributed by atoms with Gasteiger partial charge in [-0.2, -0.15) is 0 Å². The van der Waals surface area contributed by atoms with Gasteiger partial charge in [-0.15, -0.1) is 4.83 Å². The number of nitrogens with zero attached hydrogens (tertiary/aromatic N) is 3. The molecule has 9 nitrogen and oxygen atoms in total. The van der Waals surface area contributed by atoms with Crippen molar-refractivity contribution in [3.05, 3.63) is 41.1 Å². The zero-order chi connectivity index (χ0) is 20.4. The fraction of sp³-hybridized carbons (Fsp3) is 0.267. The fourth-order valence-corrected chi connectivity index (χ4v) is 3.11. The first-order valence-corrected chi connectivity index (χ1v) is 9.50. The molecule has 1 heterocycles. The summed E-state index contributed by atoms with van der Waals surface area (Å²) in [4.78, 5) is 30.6. The van der Waals surface area contributed by atoms with Crippen LogP contribution in [-0.2, 0) is 21.9 Å². The van der Waals surface area contributed by atoms with E-state index in [1.807, 2.05) is 5.43 Å². The molecule has 0 aliphatic heterocycles. The van der Waals surface area contributed by atoms with Crippen molar-refractivity contribution in [2.24, 2.45) is 7.05 Å². The molecule has 0 saturated carbocycles. The molecule has 146 valence electrons. The smallest absolute Gasteiger partial charge is 0.269 e. The number of carbonyl (C=O) groups is 2. The first-order valence-electron chi connectivity index (χ1n) is 7.47. The van der Waals surface area contributed by atoms with Gasteiger partial charge in [0.05, 0.1) is 22.6 Å². The summed E-state index contributed by atoms with van der Waals surface area (Å²) in [5.41, 5.74) is 2.20. The maximum atomic E-state index is 14.2. The van der Waals surface area contributed by atoms with Crippen LogP contribution in [0.25, 0.3) is 11.3 Å². The van der Waals surface area contributed by atoms with Gasteiger partial charge in [-0.25, -0.2) is 17.8 Å². The van der Waals surface area contributed by atoms with E-state index in [9.17, 15) is 22.4 Å². The highest BCUT2D eigenvalue weighted by Gasteiger charge is 2.22. The van der Waals surface area contributed by atoms with Gasteiger partial charge in [0, 0.05) is 32.9 Å². The highest BCUT2D eigenvalue weighted by molar-refractivity contribution is 7.90. The number of halogens is 2. The minimum Gasteiger partial charge on any atom is -0.348 e. The third-order valence-corrected chi connectivity index (χ3v) is 4.72. The Balaban J connectivity index is 2.21. The Kier molecular flexibility index (Phi) is 6.19. The minimum absolute atomic E-state index is 0.325. The molecule has 0 atom stereocenters. The number of hydrogen-bond acceptors (Lipinski definition) is 5. The molecule has 1 aromatic carbocycles. The molecule has 0 bridgehead atoms. The molecule has 2 rings (SSSR count). The van der Waals surface area contributed by atoms with Gasteiger partial charge in [0.2, 0.25) is 15.9 Å². The van der Waals surface area contributed by atoms with Gasteiger partial charge in [-0.1, -0.05) is 11.6 Å². The number of nitrogens with one attached hydrogen (secondary N) is 2. The van der Waals surface area contributed by atoms with Gasteiger partial charge in [-0.3, -0.25) is 15.0 Å². The molecule has 12 heteroatoms. The minimum atomic E-state index is -4.16. The number of aryl methyl sites for hydroxylation is 1. The van der Waals surface area contributed by atoms with Crippen molar-refractivity contribution in [1.29, 1.82) is 0 Å². The number of sulfonamides is 1. The molecule has 0 saturated heterocycles. The standard InChI is InChI=1S/C15H17ClFN5O4S/c1-21(2)13(23)7-27(25,26)20-19-15(24)10-4-9(5-11(16)14(10)17)12-6-22(3)8-18-12/h4-6,8,20H,7H2,1-3H3,(H,19,24). The summed E-state index contributed by atoms with van der Waals surface area (Å²) in [6.45, 7) is 0. The summed E-state index contributed by atoms with van der Waals surface area (Å²) in [7, 11) is 0.352. The van der Waals surface area contributed by atoms with Gasteiger partial charge in [0.15, 0.2) is 5.82 Å². The number of carbonyl (C=O) groups excluding carboxylic acids is 2. The summed E-state index contributed by atoms with van der Waals surface area (Å²) >= 11 is 5.84. The van der Waals surface area contributed by atoms with Crippen molar-refractivity contribution < 1.29 is 22.4 Å². The number of aromatic nitrogens is 2. The second-order valence-electron chi connectivity index (χ2n) is 5.85. The first kappa shape index (κ1) is 20.8. The maximum absolute atomic E-state index is 14.2. The highest BCUT2D eigenvalue weighted by atomic mass is 35.5. The van der Waals surface area contributed by atoms with Crippen LogP contribution in [0.4, 0.5) is 4.39 Å². The molecule has 0 unspecified atom stereocenters. The second-order valence-corrected chi connectivity index (χ2v) is 7.98. The van der Waals surface area contributed by atoms with Crippen molar-refractivity contribution in [3.63, 3.8) is 0 Å². The highest BCUT2D eigenvalue weighted by Crippen LogP contribution is 2.26. The molecular weight excluding hydrogens is 401 g/mol. The Morgan fingerprint density at radius 3 is 2.56 bits per heavy atom. The van der Waals surface area contributed by atoms with Gasteiger partial charge in [0.1, 0.15) is 5.75 Å². The van der Waals surface area contributed by atoms with E-state index in [4.69, 9.17) is 11.6 Å². The summed E-state index contributed by atoms with van der Waals surface area (Å²) in [6, 6.07) is 2.49. The van der Waals surface area contributed by atoms with E-state index in [1.54, 1.807) is 22.6 Å². The van der Waals surface area contributed by atoms with E-state index in [2.05, 4.69) is 4.98 Å². The molecule has 27 heavy (non-hydrogen) atoms. The molecule has 2 amide bonds. The van der Waals surface area contributed by atoms with E-state index >= 15 is 0 Å². The van der Waals surface area contributed by atoms with E-state index in [0.717, 1.165) is 4.90 Å². The number of imidazole rings is 1. The Labute approximate surface area is 160 Å². The summed E-state index contributed by atoms with van der Waals surface area (Å²) in [5.74, 6) is -3.66. The Hall–Kier alpha value is -2.50. The Morgan fingerprint density at radius 1 is 1.33 bits per heavy atom. The molecular formula is C15H17ClFN5O4S. The van der Waals surface area contributed by atoms with Crippen LogP contribution in [0.1, 0.15) is 10.4 Å². The first-order chi connectivity index (χ1) is 12.5. The van der Waals surface area contributed by atoms with E-state index < -0.39 is 39.0 Å². The van der Waals surface area contributed by atoms with Crippen LogP contribution in [0.15, 0.2) is 24.7 Å². The topological polar surface area (TPSA) is 113 Å². The molecule has 2 N–H and O–H groups in total. The lowest BCUT2D eigenvalue weighted by atomic mass is 10.1. The molecule has 0 spiro atoms. The molecule has 1 aromatic heterocycles. The Morgan fingerprint density at radius 2 is 2.00 bits per heavy atom. The zero-order valence-electron chi connectivity index (χ0n) is 14.7. The van der Waals surface area contributed by atoms with Crippen LogP contribution in [0.3, 0.4) is 0 Å². The molecule has 0 aliphatic carbocycles. The van der Waals surface area contributed by atoms with Gasteiger partial charge in [0.25, 0.3) is 5.91 Å². The predicted molar refractivity (Wildman–Crippen MR) is 96.7 cm³/mol. The van der Waals surface area contributed by atoms with Crippen LogP contribution in [0.5, 0.6) is 0 Å². The number of hydrazine groups is 1. The second kappa shape index (κ2) is 8.03. The molecule has 2 aromatic rings. The molecule has 0 aliphatic rings. The largest absolute Gasteiger partial charge is 0.348 e. The van der Waals surface area contributed by atoms with Crippen LogP contribution in [0, 0.1) is 5.82 Å². The van der Waals surface area contributed by atoms with Crippen molar-refractivity contribution >= 4 is 33.4 Å². The van der Waals surface area contributed by atoms with E-state index in [1.165, 1.54) is 32.6 Å². The van der Waals surface area contributed by atoms with Gasteiger partial charge < -0.3 is 9.47 Å². The number of hydrogen-bond donors (Lipinski definition) is 2. The molecule has 0 radical (unpaired) electrons. The van der Waals surface area contributed by atoms with Crippen LogP contribution in [-0.4, -0.2) is 54.5 Å². The van der Waals surface area contributed by atoms with Crippen molar-refractivity contribution in [1.82, 2.24) is 24.7 Å². The van der Waals surface area contributed by atoms with E-state index in [-0.39, 0.29) is 5.02 Å². The third kappa shape index (κ3) is 5.25. The van der Waals surface area contributed by atoms with Gasteiger partial charge in [-0.05, 0) is 12.1 Å². The zero-order valence-corrected chi connectivity index (χ0v) is 16.2. The summed E-state index contributed by atoms with van der Waals surface area (Å²) in [5, 5.41) is -0.325. The van der Waals surface area contributed by atoms with Crippen LogP contribution in [0.2, 0.25) is 5.02 Å². The van der Waals surface area contributed by atoms with E-state index in [0.29, 0.717) is 11.3 Å². The van der Waals surface area contributed by atoms with Crippen LogP contribution < -0.4 is 10.3 Å². The number of amides is 2. The van der Waals surface area contributed by atoms with Gasteiger partial charge >= 0.3 is 0 Å². The van der Waals surface area contributed by atoms with Crippen molar-refractivity contribution in [2.45, 2.75) is 0 Å². The van der Waals surface area contributed by atoms with Crippen molar-refractivity contribution in [2.75, 3.05) is 19.8 Å². The lowest BCUT2D eigenvalue weighted by molar-refractivity contribution is -0.126. The quantitative estimate of drug-likeness (QED) is 0.666. The fourth-order valence-electron chi connectivity index (χ4n) is 1.98. The maximum Gasteiger partial charge on any atom is 0.269 e. The Bertz CT molecular complexity index is 990. The third-order valence-electron chi connectivity index (χ3n) is 3.41.